The molecule has 0 amide bonds. The van der Waals surface area contributed by atoms with Crippen LogP contribution in [-0.4, -0.2) is 25.1 Å². The average molecular weight is 299 g/mol. The van der Waals surface area contributed by atoms with Crippen LogP contribution >= 0.6 is 0 Å². The van der Waals surface area contributed by atoms with E-state index < -0.39 is 0 Å². The summed E-state index contributed by atoms with van der Waals surface area (Å²) in [7, 11) is 3.07. The number of methoxy groups -OCH3 is 2. The Labute approximate surface area is 128 Å². The predicted octanol–water partition coefficient (Wildman–Crippen LogP) is 3.15. The van der Waals surface area contributed by atoms with Gasteiger partial charge in [-0.05, 0) is 29.8 Å². The molecule has 2 N–H and O–H groups in total. The molecule has 0 radical (unpaired) electrons. The molecule has 22 heavy (non-hydrogen) atoms. The lowest BCUT2D eigenvalue weighted by Gasteiger charge is -2.27. The molecule has 2 aromatic rings. The Morgan fingerprint density at radius 2 is 2.00 bits per heavy atom. The Morgan fingerprint density at radius 1 is 1.18 bits per heavy atom. The van der Waals surface area contributed by atoms with Crippen LogP contribution in [0.1, 0.15) is 28.4 Å². The molecule has 5 nitrogen and oxygen atoms in total. The van der Waals surface area contributed by atoms with Gasteiger partial charge >= 0.3 is 0 Å². The molecule has 2 aromatic carbocycles. The van der Waals surface area contributed by atoms with Gasteiger partial charge in [-0.2, -0.15) is 0 Å². The zero-order chi connectivity index (χ0) is 15.7. The molecule has 0 aromatic heterocycles. The number of aromatic hydroxyl groups is 1. The highest BCUT2D eigenvalue weighted by atomic mass is 16.5. The second kappa shape index (κ2) is 5.60. The van der Waals surface area contributed by atoms with Gasteiger partial charge in [0, 0.05) is 12.1 Å². The molecular formula is C17H17NO4. The Kier molecular flexibility index (Phi) is 3.63. The van der Waals surface area contributed by atoms with Crippen LogP contribution < -0.4 is 14.8 Å². The SMILES string of the molecule is COc1cccc(C2CC(=O)c3c(ccc(OC)c3O)N2)c1. The minimum Gasteiger partial charge on any atom is -0.504 e. The summed E-state index contributed by atoms with van der Waals surface area (Å²) in [5.41, 5.74) is 1.87. The van der Waals surface area contributed by atoms with Crippen molar-refractivity contribution in [3.8, 4) is 17.2 Å². The van der Waals surface area contributed by atoms with Crippen LogP contribution in [0.4, 0.5) is 5.69 Å². The minimum absolute atomic E-state index is 0.110. The van der Waals surface area contributed by atoms with Crippen LogP contribution in [-0.2, 0) is 0 Å². The van der Waals surface area contributed by atoms with Crippen molar-refractivity contribution < 1.29 is 19.4 Å². The van der Waals surface area contributed by atoms with Crippen molar-refractivity contribution in [2.75, 3.05) is 19.5 Å². The summed E-state index contributed by atoms with van der Waals surface area (Å²) in [6.07, 6.45) is 0.265. The van der Waals surface area contributed by atoms with Crippen LogP contribution in [0.25, 0.3) is 0 Å². The second-order valence-electron chi connectivity index (χ2n) is 5.14. The van der Waals surface area contributed by atoms with Crippen molar-refractivity contribution in [2.24, 2.45) is 0 Å². The first-order valence-corrected chi connectivity index (χ1v) is 6.97. The average Bonchev–Trinajstić information content (AvgIpc) is 2.54. The number of ketones is 1. The number of nitrogens with one attached hydrogen (secondary N) is 1. The fourth-order valence-electron chi connectivity index (χ4n) is 2.72. The zero-order valence-electron chi connectivity index (χ0n) is 12.4. The van der Waals surface area contributed by atoms with E-state index in [1.54, 1.807) is 19.2 Å². The first-order valence-electron chi connectivity index (χ1n) is 6.97. The van der Waals surface area contributed by atoms with E-state index in [0.29, 0.717) is 17.0 Å². The minimum atomic E-state index is -0.150. The van der Waals surface area contributed by atoms with Crippen LogP contribution in [0.15, 0.2) is 36.4 Å². The Balaban J connectivity index is 1.98. The number of ether oxygens (including phenoxy) is 2. The lowest BCUT2D eigenvalue weighted by molar-refractivity contribution is 0.0969. The molecule has 0 fully saturated rings. The third kappa shape index (κ3) is 2.35. The molecule has 1 heterocycles. The molecule has 114 valence electrons. The van der Waals surface area contributed by atoms with Gasteiger partial charge < -0.3 is 19.9 Å². The van der Waals surface area contributed by atoms with Gasteiger partial charge in [-0.1, -0.05) is 12.1 Å². The first kappa shape index (κ1) is 14.3. The lowest BCUT2D eigenvalue weighted by atomic mass is 9.91. The molecule has 1 atom stereocenters. The highest BCUT2D eigenvalue weighted by molar-refractivity contribution is 6.06. The highest BCUT2D eigenvalue weighted by Crippen LogP contribution is 2.41. The molecule has 1 aliphatic heterocycles. The number of anilines is 1. The normalized spacial score (nSPS) is 16.6. The van der Waals surface area contributed by atoms with E-state index in [1.165, 1.54) is 7.11 Å². The summed E-state index contributed by atoms with van der Waals surface area (Å²) in [4.78, 5) is 12.4. The van der Waals surface area contributed by atoms with Crippen LogP contribution in [0.3, 0.4) is 0 Å². The summed E-state index contributed by atoms with van der Waals surface area (Å²) < 4.78 is 10.3. The summed E-state index contributed by atoms with van der Waals surface area (Å²) in [5.74, 6) is 0.823. The number of carbonyl (C=O) groups is 1. The zero-order valence-corrected chi connectivity index (χ0v) is 12.4. The first-order chi connectivity index (χ1) is 10.6. The maximum absolute atomic E-state index is 12.4. The number of carbonyl (C=O) groups excluding carboxylic acids is 1. The number of phenols is 1. The van der Waals surface area contributed by atoms with Crippen LogP contribution in [0.2, 0.25) is 0 Å². The van der Waals surface area contributed by atoms with Crippen molar-refractivity contribution in [2.45, 2.75) is 12.5 Å². The van der Waals surface area contributed by atoms with Gasteiger partial charge in [0.1, 0.15) is 5.75 Å². The summed E-state index contributed by atoms with van der Waals surface area (Å²) in [5, 5.41) is 13.4. The maximum atomic E-state index is 12.4. The van der Waals surface area contributed by atoms with Crippen molar-refractivity contribution >= 4 is 11.5 Å². The Bertz CT molecular complexity index is 727. The monoisotopic (exact) mass is 299 g/mol. The summed E-state index contributed by atoms with van der Waals surface area (Å²) in [6, 6.07) is 10.8. The lowest BCUT2D eigenvalue weighted by Crippen LogP contribution is -2.23. The van der Waals surface area contributed by atoms with E-state index in [2.05, 4.69) is 5.32 Å². The molecule has 3 rings (SSSR count). The quantitative estimate of drug-likeness (QED) is 0.911. The van der Waals surface area contributed by atoms with Crippen molar-refractivity contribution in [1.82, 2.24) is 0 Å². The van der Waals surface area contributed by atoms with Crippen molar-refractivity contribution in [1.29, 1.82) is 0 Å². The molecule has 1 aliphatic rings. The smallest absolute Gasteiger partial charge is 0.171 e. The van der Waals surface area contributed by atoms with E-state index in [1.807, 2.05) is 24.3 Å². The highest BCUT2D eigenvalue weighted by Gasteiger charge is 2.29. The van der Waals surface area contributed by atoms with Gasteiger partial charge in [0.15, 0.2) is 17.3 Å². The number of hydrogen-bond donors (Lipinski definition) is 2. The molecule has 5 heteroatoms. The molecular weight excluding hydrogens is 282 g/mol. The second-order valence-corrected chi connectivity index (χ2v) is 5.14. The van der Waals surface area contributed by atoms with Gasteiger partial charge in [0.25, 0.3) is 0 Å². The third-order valence-electron chi connectivity index (χ3n) is 3.86. The Morgan fingerprint density at radius 3 is 2.73 bits per heavy atom. The van der Waals surface area contributed by atoms with Crippen LogP contribution in [0, 0.1) is 0 Å². The largest absolute Gasteiger partial charge is 0.504 e. The molecule has 0 spiro atoms. The van der Waals surface area contributed by atoms with Crippen LogP contribution in [0.5, 0.6) is 17.2 Å². The molecule has 1 unspecified atom stereocenters. The van der Waals surface area contributed by atoms with Gasteiger partial charge in [0.05, 0.1) is 25.8 Å². The van der Waals surface area contributed by atoms with Gasteiger partial charge in [-0.3, -0.25) is 4.79 Å². The van der Waals surface area contributed by atoms with Gasteiger partial charge in [-0.15, -0.1) is 0 Å². The number of Topliss-reactive ketones (excluding diaryl/α,β-unsaturated/α-hetero) is 1. The molecule has 0 saturated heterocycles. The predicted molar refractivity (Wildman–Crippen MR) is 83.0 cm³/mol. The summed E-state index contributed by atoms with van der Waals surface area (Å²) >= 11 is 0. The van der Waals surface area contributed by atoms with E-state index in [4.69, 9.17) is 9.47 Å². The standard InChI is InChI=1S/C17H17NO4/c1-21-11-5-3-4-10(8-11)13-9-14(19)16-12(18-13)6-7-15(22-2)17(16)20/h3-8,13,18,20H,9H2,1-2H3. The van der Waals surface area contributed by atoms with E-state index in [9.17, 15) is 9.90 Å². The topological polar surface area (TPSA) is 67.8 Å². The number of benzene rings is 2. The Hall–Kier alpha value is -2.69. The third-order valence-corrected chi connectivity index (χ3v) is 3.86. The van der Waals surface area contributed by atoms with Gasteiger partial charge in [-0.25, -0.2) is 0 Å². The molecule has 0 saturated carbocycles. The fourth-order valence-corrected chi connectivity index (χ4v) is 2.72. The number of fused-ring (bicyclic) bond motifs is 1. The number of hydrogen-bond acceptors (Lipinski definition) is 5. The fraction of sp³-hybridized carbons (Fsp3) is 0.235. The van der Waals surface area contributed by atoms with E-state index in [-0.39, 0.29) is 24.0 Å². The number of rotatable bonds is 3. The molecule has 0 aliphatic carbocycles. The van der Waals surface area contributed by atoms with E-state index >= 15 is 0 Å². The van der Waals surface area contributed by atoms with E-state index in [0.717, 1.165) is 11.3 Å². The van der Waals surface area contributed by atoms with Crippen molar-refractivity contribution in [3.05, 3.63) is 47.5 Å². The number of phenolic OH excluding ortho intramolecular Hbond substituents is 1. The van der Waals surface area contributed by atoms with Gasteiger partial charge in [0.2, 0.25) is 0 Å². The maximum Gasteiger partial charge on any atom is 0.171 e. The summed E-state index contributed by atoms with van der Waals surface area (Å²) in [6.45, 7) is 0. The molecule has 0 bridgehead atoms. The van der Waals surface area contributed by atoms with Crippen molar-refractivity contribution in [3.63, 3.8) is 0 Å².